The van der Waals surface area contributed by atoms with Crippen LogP contribution in [-0.2, 0) is 33.0 Å². The largest absolute Gasteiger partial charge is 2.00 e. The number of hydrogen-bond donors (Lipinski definition) is 0. The van der Waals surface area contributed by atoms with E-state index in [9.17, 15) is 10.2 Å². The average molecular weight is 588 g/mol. The van der Waals surface area contributed by atoms with E-state index >= 15 is 0 Å². The topological polar surface area (TPSA) is 46.1 Å². The average Bonchev–Trinajstić information content (AvgIpc) is 3.43. The van der Waals surface area contributed by atoms with E-state index in [1.54, 1.807) is 12.1 Å². The van der Waals surface area contributed by atoms with Crippen LogP contribution in [0.2, 0.25) is 0 Å². The van der Waals surface area contributed by atoms with Crippen LogP contribution in [0, 0.1) is 0 Å². The van der Waals surface area contributed by atoms with Gasteiger partial charge in [0.25, 0.3) is 0 Å². The molecule has 0 radical (unpaired) electrons. The molecule has 2 nitrogen and oxygen atoms in total. The van der Waals surface area contributed by atoms with E-state index in [0.717, 1.165) is 10.6 Å². The Morgan fingerprint density at radius 1 is 0.529 bits per heavy atom. The van der Waals surface area contributed by atoms with Gasteiger partial charge in [-0.15, -0.1) is 11.5 Å². The predicted octanol–water partition coefficient (Wildman–Crippen LogP) is 6.49. The number of rotatable bonds is 6. The molecule has 0 saturated carbocycles. The summed E-state index contributed by atoms with van der Waals surface area (Å²) >= 11 is 0. The Labute approximate surface area is 231 Å². The van der Waals surface area contributed by atoms with Crippen molar-refractivity contribution in [3.05, 3.63) is 72.8 Å². The Balaban J connectivity index is 0. The van der Waals surface area contributed by atoms with Gasteiger partial charge in [-0.1, -0.05) is 83.4 Å². The molecular weight excluding hydrogens is 548 g/mol. The van der Waals surface area contributed by atoms with Crippen molar-refractivity contribution in [2.75, 3.05) is 0 Å². The van der Waals surface area contributed by atoms with Gasteiger partial charge in [-0.05, 0) is 33.2 Å². The SMILES string of the molecule is CC(C)P(c1cc([O-])c(P(C(C)C)C(C)C)cc1[O-])C(C)C.[Ni+2].[Ni+2].c1cc[cH-]c1.c1cc[cH-]c1. The van der Waals surface area contributed by atoms with Crippen LogP contribution in [0.25, 0.3) is 0 Å². The maximum atomic E-state index is 12.7. The molecule has 6 heteroatoms. The van der Waals surface area contributed by atoms with E-state index in [2.05, 4.69) is 55.4 Å². The van der Waals surface area contributed by atoms with Gasteiger partial charge in [0, 0.05) is 0 Å². The molecule has 0 bridgehead atoms. The molecule has 0 aliphatic carbocycles. The second-order valence-corrected chi connectivity index (χ2v) is 15.6. The predicted molar refractivity (Wildman–Crippen MR) is 143 cm³/mol. The van der Waals surface area contributed by atoms with Gasteiger partial charge >= 0.3 is 33.0 Å². The Morgan fingerprint density at radius 2 is 0.765 bits per heavy atom. The first-order valence-corrected chi connectivity index (χ1v) is 14.5. The molecule has 3 aromatic rings. The summed E-state index contributed by atoms with van der Waals surface area (Å²) in [7, 11) is -1.16. The third kappa shape index (κ3) is 11.9. The smallest absolute Gasteiger partial charge is 0.872 e. The molecule has 0 aliphatic rings. The van der Waals surface area contributed by atoms with E-state index in [-0.39, 0.29) is 44.5 Å². The second kappa shape index (κ2) is 18.6. The second-order valence-electron chi connectivity index (χ2n) is 8.90. The summed E-state index contributed by atoms with van der Waals surface area (Å²) in [6.07, 6.45) is 0. The summed E-state index contributed by atoms with van der Waals surface area (Å²) in [5.74, 6) is 0.161. The van der Waals surface area contributed by atoms with Crippen molar-refractivity contribution in [2.24, 2.45) is 0 Å². The van der Waals surface area contributed by atoms with Crippen molar-refractivity contribution >= 4 is 26.5 Å². The summed E-state index contributed by atoms with van der Waals surface area (Å²) in [5, 5.41) is 26.9. The van der Waals surface area contributed by atoms with Crippen molar-refractivity contribution < 1.29 is 43.2 Å². The van der Waals surface area contributed by atoms with Crippen molar-refractivity contribution in [1.82, 2.24) is 0 Å². The Morgan fingerprint density at radius 3 is 0.912 bits per heavy atom. The molecule has 194 valence electrons. The van der Waals surface area contributed by atoms with Gasteiger partial charge in [0.15, 0.2) is 0 Å². The molecule has 3 rings (SSSR count). The maximum Gasteiger partial charge on any atom is 2.00 e. The molecule has 0 saturated heterocycles. The molecule has 0 amide bonds. The van der Waals surface area contributed by atoms with Crippen LogP contribution in [0.5, 0.6) is 11.5 Å². The van der Waals surface area contributed by atoms with Gasteiger partial charge in [0.05, 0.1) is 0 Å². The summed E-state index contributed by atoms with van der Waals surface area (Å²) in [5.41, 5.74) is 1.68. The van der Waals surface area contributed by atoms with Crippen LogP contribution < -0.4 is 20.8 Å². The Bertz CT molecular complexity index is 723. The van der Waals surface area contributed by atoms with E-state index < -0.39 is 15.8 Å². The molecule has 0 aromatic heterocycles. The van der Waals surface area contributed by atoms with Crippen molar-refractivity contribution in [1.29, 1.82) is 0 Å². The fourth-order valence-electron chi connectivity index (χ4n) is 3.89. The molecule has 0 atom stereocenters. The minimum absolute atomic E-state index is 0. The van der Waals surface area contributed by atoms with Gasteiger partial charge < -0.3 is 10.2 Å². The van der Waals surface area contributed by atoms with E-state index in [1.165, 1.54) is 0 Å². The van der Waals surface area contributed by atoms with E-state index in [0.29, 0.717) is 22.6 Å². The van der Waals surface area contributed by atoms with Gasteiger partial charge in [-0.2, -0.15) is 36.4 Å². The van der Waals surface area contributed by atoms with Crippen LogP contribution >= 0.6 is 15.8 Å². The monoisotopic (exact) mass is 586 g/mol. The molecular formula is C28H40Ni2O2P2. The molecule has 0 unspecified atom stereocenters. The fraction of sp³-hybridized carbons (Fsp3) is 0.429. The fourth-order valence-corrected chi connectivity index (χ4v) is 9.67. The zero-order chi connectivity index (χ0) is 24.3. The van der Waals surface area contributed by atoms with Gasteiger partial charge in [-0.25, -0.2) is 24.3 Å². The molecule has 0 N–H and O–H groups in total. The molecule has 0 heterocycles. The minimum Gasteiger partial charge on any atom is -0.872 e. The first-order valence-electron chi connectivity index (χ1n) is 11.5. The van der Waals surface area contributed by atoms with Crippen LogP contribution in [0.15, 0.2) is 72.8 Å². The van der Waals surface area contributed by atoms with Crippen LogP contribution in [-0.4, -0.2) is 22.6 Å². The van der Waals surface area contributed by atoms with Gasteiger partial charge in [-0.3, -0.25) is 0 Å². The van der Waals surface area contributed by atoms with Crippen LogP contribution in [0.3, 0.4) is 0 Å². The van der Waals surface area contributed by atoms with E-state index in [4.69, 9.17) is 0 Å². The third-order valence-corrected chi connectivity index (χ3v) is 11.2. The Hall–Kier alpha value is -0.633. The molecule has 0 aliphatic heterocycles. The first kappa shape index (κ1) is 35.5. The normalized spacial score (nSPS) is 10.5. The van der Waals surface area contributed by atoms with Gasteiger partial charge in [0.2, 0.25) is 0 Å². The molecule has 0 fully saturated rings. The quantitative estimate of drug-likeness (QED) is 0.188. The molecule has 3 aromatic carbocycles. The Kier molecular flexibility index (Phi) is 19.4. The summed E-state index contributed by atoms with van der Waals surface area (Å²) in [6.45, 7) is 17.2. The van der Waals surface area contributed by atoms with Crippen molar-refractivity contribution in [3.8, 4) is 11.5 Å². The number of hydrogen-bond acceptors (Lipinski definition) is 2. The minimum atomic E-state index is -0.578. The number of benzene rings is 1. The summed E-state index contributed by atoms with van der Waals surface area (Å²) in [6, 6.07) is 23.3. The van der Waals surface area contributed by atoms with Crippen molar-refractivity contribution in [2.45, 2.75) is 78.0 Å². The zero-order valence-corrected chi connectivity index (χ0v) is 25.3. The molecule has 0 spiro atoms. The van der Waals surface area contributed by atoms with Crippen molar-refractivity contribution in [3.63, 3.8) is 0 Å². The van der Waals surface area contributed by atoms with Gasteiger partial charge in [0.1, 0.15) is 0 Å². The van der Waals surface area contributed by atoms with E-state index in [1.807, 2.05) is 60.7 Å². The summed E-state index contributed by atoms with van der Waals surface area (Å²) < 4.78 is 0. The third-order valence-electron chi connectivity index (χ3n) is 4.93. The zero-order valence-electron chi connectivity index (χ0n) is 21.6. The maximum absolute atomic E-state index is 12.7. The van der Waals surface area contributed by atoms with Crippen LogP contribution in [0.4, 0.5) is 0 Å². The van der Waals surface area contributed by atoms with Crippen LogP contribution in [0.1, 0.15) is 55.4 Å². The summed E-state index contributed by atoms with van der Waals surface area (Å²) in [4.78, 5) is 0. The first-order chi connectivity index (χ1) is 15.1. The molecule has 34 heavy (non-hydrogen) atoms. The standard InChI is InChI=1S/C18H32O2P2.2C5H5.2Ni/c1-11(2)21(12(3)4)17-9-16(20)18(10-15(17)19)22(13(5)6)14(7)8;2*1-2-4-5-3-1;;/h9-14,19-20H,1-8H3;2*1-5H;;/q;2*-1;2*+2/p-2.